The Kier molecular flexibility index (Phi) is 10.1. The number of benzene rings is 3. The zero-order valence-corrected chi connectivity index (χ0v) is 25.7. The lowest BCUT2D eigenvalue weighted by atomic mass is 9.99. The largest absolute Gasteiger partial charge is 0.491 e. The molecule has 11 nitrogen and oxygen atoms in total. The number of ether oxygens (including phenoxy) is 3. The van der Waals surface area contributed by atoms with E-state index in [1.807, 2.05) is 0 Å². The molecule has 244 valence electrons. The summed E-state index contributed by atoms with van der Waals surface area (Å²) < 4.78 is 82.2. The van der Waals surface area contributed by atoms with Gasteiger partial charge in [-0.25, -0.2) is 18.4 Å². The number of nitrogens with one attached hydrogen (secondary N) is 2. The summed E-state index contributed by atoms with van der Waals surface area (Å²) in [5.41, 5.74) is -3.03. The Morgan fingerprint density at radius 1 is 0.978 bits per heavy atom. The van der Waals surface area contributed by atoms with Gasteiger partial charge in [0, 0.05) is 35.6 Å². The van der Waals surface area contributed by atoms with Crippen LogP contribution >= 0.6 is 0 Å². The van der Waals surface area contributed by atoms with Gasteiger partial charge in [-0.2, -0.15) is 13.2 Å². The Morgan fingerprint density at radius 3 is 2.39 bits per heavy atom. The molecule has 15 heteroatoms. The molecule has 1 heterocycles. The monoisotopic (exact) mass is 660 g/mol. The molecule has 1 amide bonds. The van der Waals surface area contributed by atoms with Crippen LogP contribution in [0.1, 0.15) is 31.9 Å². The van der Waals surface area contributed by atoms with Gasteiger partial charge >= 0.3 is 12.1 Å². The molecule has 1 atom stereocenters. The van der Waals surface area contributed by atoms with Gasteiger partial charge in [0.25, 0.3) is 11.6 Å². The van der Waals surface area contributed by atoms with Crippen LogP contribution < -0.4 is 25.2 Å². The van der Waals surface area contributed by atoms with E-state index in [0.717, 1.165) is 0 Å². The van der Waals surface area contributed by atoms with Crippen LogP contribution in [0.15, 0.2) is 84.0 Å². The van der Waals surface area contributed by atoms with Gasteiger partial charge < -0.3 is 24.8 Å². The quantitative estimate of drug-likeness (QED) is 0.144. The van der Waals surface area contributed by atoms with E-state index in [2.05, 4.69) is 15.6 Å². The van der Waals surface area contributed by atoms with E-state index >= 15 is 0 Å². The third kappa shape index (κ3) is 7.84. The molecule has 0 aliphatic rings. The number of hydrogen-bond donors (Lipinski definition) is 3. The van der Waals surface area contributed by atoms with Crippen LogP contribution in [0.2, 0.25) is 0 Å². The highest BCUT2D eigenvalue weighted by molar-refractivity contribution is 7.89. The molecule has 4 rings (SSSR count). The van der Waals surface area contributed by atoms with E-state index in [0.29, 0.717) is 10.8 Å². The molecule has 0 aliphatic heterocycles. The van der Waals surface area contributed by atoms with Gasteiger partial charge in [0.1, 0.15) is 0 Å². The van der Waals surface area contributed by atoms with Crippen LogP contribution in [0, 0.1) is 0 Å². The fraction of sp³-hybridized carbons (Fsp3) is 0.258. The van der Waals surface area contributed by atoms with E-state index in [9.17, 15) is 31.2 Å². The number of halogens is 3. The molecule has 3 aromatic carbocycles. The molecule has 46 heavy (non-hydrogen) atoms. The molecule has 0 aliphatic carbocycles. The zero-order chi connectivity index (χ0) is 33.7. The highest BCUT2D eigenvalue weighted by Crippen LogP contribution is 2.38. The number of primary sulfonamides is 1. The average molecular weight is 661 g/mol. The third-order valence-corrected chi connectivity index (χ3v) is 7.50. The molecule has 0 saturated heterocycles. The molecule has 4 N–H and O–H groups in total. The van der Waals surface area contributed by atoms with Crippen LogP contribution in [-0.2, 0) is 36.6 Å². The van der Waals surface area contributed by atoms with Crippen LogP contribution in [0.5, 0.6) is 11.5 Å². The van der Waals surface area contributed by atoms with Crippen molar-refractivity contribution in [1.29, 1.82) is 0 Å². The van der Waals surface area contributed by atoms with E-state index in [1.165, 1.54) is 60.8 Å². The van der Waals surface area contributed by atoms with Crippen molar-refractivity contribution in [2.45, 2.75) is 50.2 Å². The number of fused-ring (bicyclic) bond motifs is 1. The standard InChI is InChI=1S/C31H31F3N4O7S/c1-4-43-26-16-23(10-12-25(26)44-19(2)3)30(45-29(40)31(32,33)34,38-24-11-9-21-17-36-14-13-20(21)15-24)28(39)37-18-22-7-5-6-8-27(22)46(35,41)42/h5-17,19,38H,4,18H2,1-3H3,(H,37,39)(H2,35,41,42). The van der Waals surface area contributed by atoms with Gasteiger partial charge in [-0.15, -0.1) is 0 Å². The first-order chi connectivity index (χ1) is 21.6. The molecule has 0 saturated carbocycles. The molecule has 0 bridgehead atoms. The fourth-order valence-corrected chi connectivity index (χ4v) is 5.30. The number of carbonyl (C=O) groups is 2. The highest BCUT2D eigenvalue weighted by Gasteiger charge is 2.52. The second-order valence-electron chi connectivity index (χ2n) is 10.2. The first-order valence-corrected chi connectivity index (χ1v) is 15.4. The van der Waals surface area contributed by atoms with Crippen molar-refractivity contribution in [3.8, 4) is 11.5 Å². The number of rotatable bonds is 12. The van der Waals surface area contributed by atoms with Gasteiger partial charge in [0.15, 0.2) is 11.5 Å². The number of nitrogens with two attached hydrogens (primary N) is 1. The summed E-state index contributed by atoms with van der Waals surface area (Å²) in [4.78, 5) is 30.4. The van der Waals surface area contributed by atoms with Crippen molar-refractivity contribution in [2.75, 3.05) is 11.9 Å². The fourth-order valence-electron chi connectivity index (χ4n) is 4.53. The minimum atomic E-state index is -5.51. The van der Waals surface area contributed by atoms with Gasteiger partial charge in [-0.3, -0.25) is 9.78 Å². The van der Waals surface area contributed by atoms with Gasteiger partial charge in [0.05, 0.1) is 17.6 Å². The second kappa shape index (κ2) is 13.6. The van der Waals surface area contributed by atoms with Crippen molar-refractivity contribution in [3.63, 3.8) is 0 Å². The zero-order valence-electron chi connectivity index (χ0n) is 24.9. The molecule has 0 radical (unpaired) electrons. The Bertz CT molecular complexity index is 1850. The maximum Gasteiger partial charge on any atom is 0.491 e. The van der Waals surface area contributed by atoms with Gasteiger partial charge in [-0.1, -0.05) is 24.3 Å². The summed E-state index contributed by atoms with van der Waals surface area (Å²) >= 11 is 0. The number of hydrogen-bond acceptors (Lipinski definition) is 9. The maximum atomic E-state index is 14.2. The molecule has 1 unspecified atom stereocenters. The number of anilines is 1. The summed E-state index contributed by atoms with van der Waals surface area (Å²) in [5.74, 6) is -3.67. The number of pyridine rings is 1. The van der Waals surface area contributed by atoms with Crippen LogP contribution in [0.4, 0.5) is 18.9 Å². The predicted molar refractivity (Wildman–Crippen MR) is 162 cm³/mol. The molecule has 1 aromatic heterocycles. The van der Waals surface area contributed by atoms with Gasteiger partial charge in [0.2, 0.25) is 10.0 Å². The van der Waals surface area contributed by atoms with Crippen molar-refractivity contribution in [3.05, 3.63) is 90.3 Å². The van der Waals surface area contributed by atoms with E-state index in [4.69, 9.17) is 19.3 Å². The minimum absolute atomic E-state index is 0.0308. The average Bonchev–Trinajstić information content (AvgIpc) is 2.99. The smallest absolute Gasteiger partial charge is 0.490 e. The molecular weight excluding hydrogens is 629 g/mol. The summed E-state index contributed by atoms with van der Waals surface area (Å²) in [6.07, 6.45) is -2.76. The second-order valence-corrected chi connectivity index (χ2v) is 11.8. The maximum absolute atomic E-state index is 14.2. The summed E-state index contributed by atoms with van der Waals surface area (Å²) in [5, 5.41) is 11.7. The van der Waals surface area contributed by atoms with Crippen molar-refractivity contribution >= 4 is 38.4 Å². The Morgan fingerprint density at radius 2 is 1.72 bits per heavy atom. The molecule has 0 spiro atoms. The lowest BCUT2D eigenvalue weighted by Crippen LogP contribution is -2.54. The summed E-state index contributed by atoms with van der Waals surface area (Å²) in [6.45, 7) is 4.77. The topological polar surface area (TPSA) is 159 Å². The SMILES string of the molecule is CCOc1cc(C(Nc2ccc3cnccc3c2)(OC(=O)C(F)(F)F)C(=O)NCc2ccccc2S(N)(=O)=O)ccc1OC(C)C. The predicted octanol–water partition coefficient (Wildman–Crippen LogP) is 4.75. The van der Waals surface area contributed by atoms with Crippen LogP contribution in [0.25, 0.3) is 10.8 Å². The number of esters is 1. The van der Waals surface area contributed by atoms with Crippen LogP contribution in [-0.4, -0.2) is 44.2 Å². The number of nitrogens with zero attached hydrogens (tertiary/aromatic N) is 1. The molecule has 0 fully saturated rings. The van der Waals surface area contributed by atoms with Crippen LogP contribution in [0.3, 0.4) is 0 Å². The number of alkyl halides is 3. The lowest BCUT2D eigenvalue weighted by Gasteiger charge is -2.35. The Balaban J connectivity index is 1.91. The lowest BCUT2D eigenvalue weighted by molar-refractivity contribution is -0.213. The molecule has 4 aromatic rings. The van der Waals surface area contributed by atoms with E-state index < -0.39 is 40.3 Å². The summed E-state index contributed by atoms with van der Waals surface area (Å²) in [6, 6.07) is 15.5. The van der Waals surface area contributed by atoms with Crippen molar-refractivity contribution in [2.24, 2.45) is 5.14 Å². The van der Waals surface area contributed by atoms with Crippen molar-refractivity contribution in [1.82, 2.24) is 10.3 Å². The van der Waals surface area contributed by atoms with Crippen molar-refractivity contribution < 1.29 is 45.4 Å². The van der Waals surface area contributed by atoms with E-state index in [1.54, 1.807) is 39.1 Å². The van der Waals surface area contributed by atoms with Gasteiger partial charge in [-0.05, 0) is 74.2 Å². The number of aromatic nitrogens is 1. The summed E-state index contributed by atoms with van der Waals surface area (Å²) in [7, 11) is -4.24. The number of sulfonamides is 1. The highest BCUT2D eigenvalue weighted by atomic mass is 32.2. The Labute approximate surface area is 262 Å². The van der Waals surface area contributed by atoms with E-state index in [-0.39, 0.29) is 45.9 Å². The molecular formula is C31H31F3N4O7S. The minimum Gasteiger partial charge on any atom is -0.490 e. The first-order valence-electron chi connectivity index (χ1n) is 13.9. The Hall–Kier alpha value is -4.89. The first kappa shape index (κ1) is 34.0. The number of amides is 1. The third-order valence-electron chi connectivity index (χ3n) is 6.49. The normalized spacial score (nSPS) is 13.1. The number of carbonyl (C=O) groups excluding carboxylic acids is 2.